The van der Waals surface area contributed by atoms with Gasteiger partial charge in [0.25, 0.3) is 0 Å². The lowest BCUT2D eigenvalue weighted by Gasteiger charge is -2.44. The molecule has 0 unspecified atom stereocenters. The van der Waals surface area contributed by atoms with Crippen molar-refractivity contribution in [3.05, 3.63) is 85.1 Å². The van der Waals surface area contributed by atoms with Crippen molar-refractivity contribution in [2.24, 2.45) is 10.8 Å². The van der Waals surface area contributed by atoms with E-state index in [1.807, 2.05) is 18.2 Å². The Labute approximate surface area is 233 Å². The van der Waals surface area contributed by atoms with Crippen molar-refractivity contribution in [1.82, 2.24) is 5.32 Å². The highest BCUT2D eigenvalue weighted by Gasteiger charge is 2.47. The Morgan fingerprint density at radius 3 is 1.97 bits per heavy atom. The number of dihydropyridines is 1. The van der Waals surface area contributed by atoms with Gasteiger partial charge in [0.05, 0.1) is 5.02 Å². The fraction of sp³-hybridized carbons (Fsp3) is 0.400. The maximum Gasteiger partial charge on any atom is 0.162 e. The van der Waals surface area contributed by atoms with Crippen molar-refractivity contribution < 1.29 is 14.3 Å². The van der Waals surface area contributed by atoms with Crippen LogP contribution in [0.1, 0.15) is 70.4 Å². The Bertz CT molecular complexity index is 1330. The van der Waals surface area contributed by atoms with Crippen LogP contribution in [-0.4, -0.2) is 11.6 Å². The molecule has 0 saturated heterocycles. The van der Waals surface area contributed by atoms with E-state index >= 15 is 0 Å². The average molecular weight is 559 g/mol. The molecule has 194 valence electrons. The van der Waals surface area contributed by atoms with Crippen LogP contribution in [0.5, 0.6) is 5.75 Å². The van der Waals surface area contributed by atoms with Gasteiger partial charge in [-0.3, -0.25) is 9.59 Å². The summed E-state index contributed by atoms with van der Waals surface area (Å²) in [6.45, 7) is 8.57. The zero-order valence-corrected chi connectivity index (χ0v) is 23.7. The molecule has 0 radical (unpaired) electrons. The quantitative estimate of drug-likeness (QED) is 0.411. The van der Waals surface area contributed by atoms with Crippen molar-refractivity contribution in [1.29, 1.82) is 0 Å². The van der Waals surface area contributed by atoms with E-state index in [4.69, 9.17) is 39.5 Å². The Morgan fingerprint density at radius 2 is 1.41 bits per heavy atom. The standard InChI is InChI=1S/C30H30Cl3NO3/c1-29(2)11-21-26(23(35)13-29)25(27-22(34-21)12-30(3,4)14-24(27)36)18-9-17(31)10-20(33)28(18)37-15-16-7-5-6-8-19(16)32/h5-10,25,34H,11-15H2,1-4H3. The third-order valence-corrected chi connectivity index (χ3v) is 8.26. The van der Waals surface area contributed by atoms with Crippen LogP contribution in [0, 0.1) is 10.8 Å². The van der Waals surface area contributed by atoms with Crippen LogP contribution < -0.4 is 10.1 Å². The van der Waals surface area contributed by atoms with E-state index in [-0.39, 0.29) is 29.0 Å². The Balaban J connectivity index is 1.69. The summed E-state index contributed by atoms with van der Waals surface area (Å²) in [6.07, 6.45) is 2.22. The van der Waals surface area contributed by atoms with Crippen LogP contribution in [0.2, 0.25) is 15.1 Å². The molecule has 7 heteroatoms. The number of carbonyl (C=O) groups excluding carboxylic acids is 2. The lowest BCUT2D eigenvalue weighted by molar-refractivity contribution is -0.119. The topological polar surface area (TPSA) is 55.4 Å². The number of carbonyl (C=O) groups is 2. The molecular formula is C30H30Cl3NO3. The fourth-order valence-electron chi connectivity index (χ4n) is 5.91. The number of ketones is 2. The molecule has 37 heavy (non-hydrogen) atoms. The third-order valence-electron chi connectivity index (χ3n) is 7.40. The second kappa shape index (κ2) is 9.48. The molecular weight excluding hydrogens is 529 g/mol. The van der Waals surface area contributed by atoms with Crippen molar-refractivity contribution in [2.45, 2.75) is 65.9 Å². The molecule has 0 saturated carbocycles. The van der Waals surface area contributed by atoms with Gasteiger partial charge < -0.3 is 10.1 Å². The predicted molar refractivity (Wildman–Crippen MR) is 148 cm³/mol. The van der Waals surface area contributed by atoms with Gasteiger partial charge in [-0.15, -0.1) is 0 Å². The highest BCUT2D eigenvalue weighted by atomic mass is 35.5. The minimum absolute atomic E-state index is 0.0288. The van der Waals surface area contributed by atoms with Crippen LogP contribution in [0.15, 0.2) is 58.9 Å². The number of rotatable bonds is 4. The molecule has 3 aliphatic rings. The van der Waals surface area contributed by atoms with Crippen LogP contribution in [0.3, 0.4) is 0 Å². The van der Waals surface area contributed by atoms with E-state index in [9.17, 15) is 9.59 Å². The van der Waals surface area contributed by atoms with Gasteiger partial charge >= 0.3 is 0 Å². The van der Waals surface area contributed by atoms with Gasteiger partial charge in [-0.2, -0.15) is 0 Å². The maximum absolute atomic E-state index is 13.7. The normalized spacial score (nSPS) is 20.9. The highest BCUT2D eigenvalue weighted by molar-refractivity contribution is 6.36. The summed E-state index contributed by atoms with van der Waals surface area (Å²) in [5.41, 5.74) is 4.06. The lowest BCUT2D eigenvalue weighted by atomic mass is 9.64. The summed E-state index contributed by atoms with van der Waals surface area (Å²) in [5, 5.41) is 4.86. The summed E-state index contributed by atoms with van der Waals surface area (Å²) >= 11 is 19.6. The molecule has 0 bridgehead atoms. The Hall–Kier alpha value is -2.27. The first kappa shape index (κ1) is 26.3. The van der Waals surface area contributed by atoms with E-state index in [2.05, 4.69) is 33.0 Å². The van der Waals surface area contributed by atoms with Crippen LogP contribution in [-0.2, 0) is 16.2 Å². The average Bonchev–Trinajstić information content (AvgIpc) is 2.76. The minimum atomic E-state index is -0.601. The van der Waals surface area contributed by atoms with E-state index in [0.29, 0.717) is 63.2 Å². The molecule has 4 nitrogen and oxygen atoms in total. The van der Waals surface area contributed by atoms with E-state index in [1.54, 1.807) is 18.2 Å². The summed E-state index contributed by atoms with van der Waals surface area (Å²) in [6, 6.07) is 10.8. The molecule has 0 aromatic heterocycles. The maximum atomic E-state index is 13.7. The fourth-order valence-corrected chi connectivity index (χ4v) is 6.67. The van der Waals surface area contributed by atoms with Gasteiger partial charge in [-0.05, 0) is 41.9 Å². The van der Waals surface area contributed by atoms with Crippen LogP contribution in [0.4, 0.5) is 0 Å². The zero-order valence-electron chi connectivity index (χ0n) is 21.4. The first-order valence-corrected chi connectivity index (χ1v) is 13.6. The van der Waals surface area contributed by atoms with Gasteiger partial charge in [-0.25, -0.2) is 0 Å². The van der Waals surface area contributed by atoms with Gasteiger partial charge in [0.2, 0.25) is 0 Å². The van der Waals surface area contributed by atoms with E-state index in [1.165, 1.54) is 0 Å². The highest BCUT2D eigenvalue weighted by Crippen LogP contribution is 2.53. The molecule has 1 aliphatic heterocycles. The SMILES string of the molecule is CC1(C)CC(=O)C2=C(C1)NC1=C(C(=O)CC(C)(C)C1)C2c1cc(Cl)cc(Cl)c1OCc1ccccc1Cl. The van der Waals surface area contributed by atoms with Gasteiger partial charge in [-0.1, -0.05) is 80.7 Å². The summed E-state index contributed by atoms with van der Waals surface area (Å²) in [5.74, 6) is -0.134. The second-order valence-corrected chi connectivity index (χ2v) is 13.2. The van der Waals surface area contributed by atoms with Gasteiger partial charge in [0.1, 0.15) is 12.4 Å². The van der Waals surface area contributed by atoms with Crippen LogP contribution in [0.25, 0.3) is 0 Å². The summed E-state index contributed by atoms with van der Waals surface area (Å²) in [4.78, 5) is 27.4. The molecule has 2 aliphatic carbocycles. The third kappa shape index (κ3) is 5.08. The monoisotopic (exact) mass is 557 g/mol. The second-order valence-electron chi connectivity index (χ2n) is 11.9. The van der Waals surface area contributed by atoms with Crippen molar-refractivity contribution in [3.63, 3.8) is 0 Å². The first-order chi connectivity index (χ1) is 17.3. The summed E-state index contributed by atoms with van der Waals surface area (Å²) in [7, 11) is 0. The van der Waals surface area contributed by atoms with Crippen LogP contribution >= 0.6 is 34.8 Å². The van der Waals surface area contributed by atoms with E-state index in [0.717, 1.165) is 17.0 Å². The van der Waals surface area contributed by atoms with Crippen molar-refractivity contribution >= 4 is 46.4 Å². The molecule has 0 amide bonds. The predicted octanol–water partition coefficient (Wildman–Crippen LogP) is 8.20. The molecule has 5 rings (SSSR count). The number of halogens is 3. The zero-order chi connectivity index (χ0) is 26.7. The number of hydrogen-bond acceptors (Lipinski definition) is 4. The number of ether oxygens (including phenoxy) is 1. The minimum Gasteiger partial charge on any atom is -0.487 e. The smallest absolute Gasteiger partial charge is 0.162 e. The molecule has 2 aromatic carbocycles. The molecule has 0 atom stereocenters. The van der Waals surface area contributed by atoms with Crippen molar-refractivity contribution in [2.75, 3.05) is 0 Å². The lowest BCUT2D eigenvalue weighted by Crippen LogP contribution is -2.42. The van der Waals surface area contributed by atoms with Gasteiger partial charge in [0, 0.05) is 62.5 Å². The van der Waals surface area contributed by atoms with E-state index < -0.39 is 5.92 Å². The number of Topliss-reactive ketones (excluding diaryl/α,β-unsaturated/α-hetero) is 2. The molecule has 1 heterocycles. The number of hydrogen-bond donors (Lipinski definition) is 1. The number of allylic oxidation sites excluding steroid dienone is 4. The Kier molecular flexibility index (Phi) is 6.75. The number of benzene rings is 2. The Morgan fingerprint density at radius 1 is 0.838 bits per heavy atom. The van der Waals surface area contributed by atoms with Crippen molar-refractivity contribution in [3.8, 4) is 5.75 Å². The molecule has 2 aromatic rings. The van der Waals surface area contributed by atoms with Gasteiger partial charge in [0.15, 0.2) is 11.6 Å². The summed E-state index contributed by atoms with van der Waals surface area (Å²) < 4.78 is 6.29. The molecule has 1 N–H and O–H groups in total. The molecule has 0 fully saturated rings. The first-order valence-electron chi connectivity index (χ1n) is 12.5. The number of nitrogens with one attached hydrogen (secondary N) is 1. The largest absolute Gasteiger partial charge is 0.487 e. The molecule has 0 spiro atoms.